The predicted octanol–water partition coefficient (Wildman–Crippen LogP) is 4.32. The zero-order valence-electron chi connectivity index (χ0n) is 14.4. The number of rotatable bonds is 6. The molecule has 1 N–H and O–H groups in total. The van der Waals surface area contributed by atoms with Crippen molar-refractivity contribution in [1.82, 2.24) is 4.98 Å². The van der Waals surface area contributed by atoms with Gasteiger partial charge >= 0.3 is 5.69 Å². The van der Waals surface area contributed by atoms with Crippen LogP contribution >= 0.6 is 11.3 Å². The number of hydrogen-bond acceptors (Lipinski definition) is 6. The SMILES string of the molecule is Cc1ccc(OCC(=O)Nc2nc(-c3ccc(F)c(F)c3)cs2)c([N+](=O)[O-])c1. The van der Waals surface area contributed by atoms with Crippen LogP contribution in [0.3, 0.4) is 0 Å². The van der Waals surface area contributed by atoms with E-state index < -0.39 is 29.1 Å². The van der Waals surface area contributed by atoms with E-state index in [0.717, 1.165) is 23.5 Å². The molecule has 144 valence electrons. The second-order valence-corrected chi connectivity index (χ2v) is 6.59. The minimum absolute atomic E-state index is 0.0210. The quantitative estimate of drug-likeness (QED) is 0.487. The molecule has 0 aliphatic carbocycles. The van der Waals surface area contributed by atoms with Crippen LogP contribution in [0.1, 0.15) is 5.56 Å². The Hall–Kier alpha value is -3.40. The molecule has 2 aromatic carbocycles. The van der Waals surface area contributed by atoms with E-state index in [1.165, 1.54) is 18.2 Å². The summed E-state index contributed by atoms with van der Waals surface area (Å²) in [6, 6.07) is 7.78. The summed E-state index contributed by atoms with van der Waals surface area (Å²) < 4.78 is 31.6. The predicted molar refractivity (Wildman–Crippen MR) is 99.4 cm³/mol. The summed E-state index contributed by atoms with van der Waals surface area (Å²) >= 11 is 1.09. The van der Waals surface area contributed by atoms with Crippen LogP contribution in [-0.4, -0.2) is 22.4 Å². The number of nitrogens with zero attached hydrogens (tertiary/aromatic N) is 2. The van der Waals surface area contributed by atoms with Crippen LogP contribution in [0.5, 0.6) is 5.75 Å². The van der Waals surface area contributed by atoms with Crippen molar-refractivity contribution in [3.05, 3.63) is 69.1 Å². The van der Waals surface area contributed by atoms with Crippen molar-refractivity contribution in [1.29, 1.82) is 0 Å². The molecule has 1 amide bonds. The number of aromatic nitrogens is 1. The highest BCUT2D eigenvalue weighted by atomic mass is 32.1. The molecule has 0 unspecified atom stereocenters. The van der Waals surface area contributed by atoms with Gasteiger partial charge in [-0.2, -0.15) is 0 Å². The second kappa shape index (κ2) is 8.09. The van der Waals surface area contributed by atoms with Gasteiger partial charge in [-0.25, -0.2) is 13.8 Å². The largest absolute Gasteiger partial charge is 0.477 e. The molecule has 0 radical (unpaired) electrons. The molecule has 0 atom stereocenters. The van der Waals surface area contributed by atoms with Gasteiger partial charge in [0.25, 0.3) is 5.91 Å². The average Bonchev–Trinajstić information content (AvgIpc) is 3.11. The van der Waals surface area contributed by atoms with Crippen LogP contribution in [0.2, 0.25) is 0 Å². The third-order valence-corrected chi connectivity index (χ3v) is 4.39. The number of thiazole rings is 1. The number of halogens is 2. The van der Waals surface area contributed by atoms with E-state index in [9.17, 15) is 23.7 Å². The van der Waals surface area contributed by atoms with Crippen molar-refractivity contribution in [3.63, 3.8) is 0 Å². The number of nitro groups is 1. The number of amides is 1. The summed E-state index contributed by atoms with van der Waals surface area (Å²) in [7, 11) is 0. The molecule has 0 aliphatic heterocycles. The van der Waals surface area contributed by atoms with Crippen molar-refractivity contribution >= 4 is 28.1 Å². The van der Waals surface area contributed by atoms with Gasteiger partial charge in [-0.1, -0.05) is 6.07 Å². The van der Waals surface area contributed by atoms with Crippen molar-refractivity contribution < 1.29 is 23.2 Å². The van der Waals surface area contributed by atoms with E-state index in [4.69, 9.17) is 4.74 Å². The first-order valence-electron chi connectivity index (χ1n) is 7.92. The van der Waals surface area contributed by atoms with Crippen molar-refractivity contribution in [3.8, 4) is 17.0 Å². The molecule has 0 saturated carbocycles. The fourth-order valence-corrected chi connectivity index (χ4v) is 3.05. The van der Waals surface area contributed by atoms with Gasteiger partial charge in [0.2, 0.25) is 0 Å². The molecule has 1 heterocycles. The summed E-state index contributed by atoms with van der Waals surface area (Å²) in [6.07, 6.45) is 0. The van der Waals surface area contributed by atoms with Crippen LogP contribution in [0, 0.1) is 28.7 Å². The highest BCUT2D eigenvalue weighted by Gasteiger charge is 2.17. The monoisotopic (exact) mass is 405 g/mol. The lowest BCUT2D eigenvalue weighted by molar-refractivity contribution is -0.385. The molecule has 7 nitrogen and oxygen atoms in total. The fourth-order valence-electron chi connectivity index (χ4n) is 2.31. The lowest BCUT2D eigenvalue weighted by Crippen LogP contribution is -2.20. The second-order valence-electron chi connectivity index (χ2n) is 5.73. The Labute approximate surface area is 161 Å². The molecule has 0 saturated heterocycles. The van der Waals surface area contributed by atoms with Crippen molar-refractivity contribution in [2.45, 2.75) is 6.92 Å². The van der Waals surface area contributed by atoms with Gasteiger partial charge in [-0.05, 0) is 36.8 Å². The molecule has 0 fully saturated rings. The van der Waals surface area contributed by atoms with Crippen molar-refractivity contribution in [2.75, 3.05) is 11.9 Å². The summed E-state index contributed by atoms with van der Waals surface area (Å²) in [5.74, 6) is -2.55. The van der Waals surface area contributed by atoms with Crippen molar-refractivity contribution in [2.24, 2.45) is 0 Å². The van der Waals surface area contributed by atoms with E-state index in [0.29, 0.717) is 16.8 Å². The first kappa shape index (κ1) is 19.4. The third-order valence-electron chi connectivity index (χ3n) is 3.64. The van der Waals surface area contributed by atoms with Crippen LogP contribution in [0.15, 0.2) is 41.8 Å². The van der Waals surface area contributed by atoms with Gasteiger partial charge in [0, 0.05) is 17.0 Å². The maximum atomic E-state index is 13.3. The average molecular weight is 405 g/mol. The third kappa shape index (κ3) is 4.46. The molecule has 1 aromatic heterocycles. The number of nitro benzene ring substituents is 1. The Balaban J connectivity index is 1.64. The van der Waals surface area contributed by atoms with Crippen LogP contribution in [0.4, 0.5) is 19.6 Å². The van der Waals surface area contributed by atoms with Gasteiger partial charge in [0.15, 0.2) is 29.1 Å². The molecule has 0 bridgehead atoms. The lowest BCUT2D eigenvalue weighted by Gasteiger charge is -2.07. The maximum Gasteiger partial charge on any atom is 0.311 e. The van der Waals surface area contributed by atoms with Gasteiger partial charge in [-0.15, -0.1) is 11.3 Å². The van der Waals surface area contributed by atoms with E-state index in [-0.39, 0.29) is 16.6 Å². The molecular formula is C18H13F2N3O4S. The summed E-state index contributed by atoms with van der Waals surface area (Å²) in [5.41, 5.74) is 1.19. The molecule has 10 heteroatoms. The Morgan fingerprint density at radius 1 is 1.25 bits per heavy atom. The van der Waals surface area contributed by atoms with E-state index in [1.807, 2.05) is 0 Å². The van der Waals surface area contributed by atoms with Gasteiger partial charge in [0.05, 0.1) is 10.6 Å². The number of carbonyl (C=O) groups excluding carboxylic acids is 1. The number of benzene rings is 2. The number of aryl methyl sites for hydroxylation is 1. The number of anilines is 1. The standard InChI is InChI=1S/C18H13F2N3O4S/c1-10-2-5-16(15(6-10)23(25)26)27-8-17(24)22-18-21-14(9-28-18)11-3-4-12(19)13(20)7-11/h2-7,9H,8H2,1H3,(H,21,22,24). The molecule has 3 aromatic rings. The summed E-state index contributed by atoms with van der Waals surface area (Å²) in [6.45, 7) is 1.25. The highest BCUT2D eigenvalue weighted by molar-refractivity contribution is 7.14. The summed E-state index contributed by atoms with van der Waals surface area (Å²) in [4.78, 5) is 26.6. The van der Waals surface area contributed by atoms with E-state index in [2.05, 4.69) is 10.3 Å². The lowest BCUT2D eigenvalue weighted by atomic mass is 10.2. The normalized spacial score (nSPS) is 10.5. The van der Waals surface area contributed by atoms with Gasteiger partial charge in [-0.3, -0.25) is 20.2 Å². The number of ether oxygens (including phenoxy) is 1. The number of nitrogens with one attached hydrogen (secondary N) is 1. The Morgan fingerprint density at radius 3 is 2.75 bits per heavy atom. The summed E-state index contributed by atoms with van der Waals surface area (Å²) in [5, 5.41) is 15.4. The zero-order chi connectivity index (χ0) is 20.3. The molecule has 28 heavy (non-hydrogen) atoms. The van der Waals surface area contributed by atoms with E-state index >= 15 is 0 Å². The smallest absolute Gasteiger partial charge is 0.311 e. The fraction of sp³-hybridized carbons (Fsp3) is 0.111. The van der Waals surface area contributed by atoms with Gasteiger partial charge < -0.3 is 4.74 Å². The van der Waals surface area contributed by atoms with Gasteiger partial charge in [0.1, 0.15) is 0 Å². The van der Waals surface area contributed by atoms with E-state index in [1.54, 1.807) is 18.4 Å². The molecular weight excluding hydrogens is 392 g/mol. The Morgan fingerprint density at radius 2 is 2.04 bits per heavy atom. The van der Waals surface area contributed by atoms with Crippen LogP contribution in [0.25, 0.3) is 11.3 Å². The first-order valence-corrected chi connectivity index (χ1v) is 8.80. The number of hydrogen-bond donors (Lipinski definition) is 1. The highest BCUT2D eigenvalue weighted by Crippen LogP contribution is 2.28. The molecule has 0 spiro atoms. The maximum absolute atomic E-state index is 13.3. The number of carbonyl (C=O) groups is 1. The molecule has 3 rings (SSSR count). The van der Waals surface area contributed by atoms with Crippen LogP contribution < -0.4 is 10.1 Å². The molecule has 0 aliphatic rings. The Kier molecular flexibility index (Phi) is 5.59. The minimum atomic E-state index is -0.996. The zero-order valence-corrected chi connectivity index (χ0v) is 15.3. The Bertz CT molecular complexity index is 1060. The minimum Gasteiger partial charge on any atom is -0.477 e. The van der Waals surface area contributed by atoms with Crippen LogP contribution in [-0.2, 0) is 4.79 Å². The first-order chi connectivity index (χ1) is 13.3. The topological polar surface area (TPSA) is 94.4 Å².